The fraction of sp³-hybridized carbons (Fsp3) is 0.833. The normalized spacial score (nSPS) is 25.5. The highest BCUT2D eigenvalue weighted by atomic mass is 16.4. The zero-order chi connectivity index (χ0) is 12.9. The molecule has 0 aromatic carbocycles. The average Bonchev–Trinajstić information content (AvgIpc) is 2.71. The third-order valence-corrected chi connectivity index (χ3v) is 3.41. The lowest BCUT2D eigenvalue weighted by Crippen LogP contribution is -2.43. The topological polar surface area (TPSA) is 78.4 Å². The van der Waals surface area contributed by atoms with E-state index in [4.69, 9.17) is 5.11 Å². The van der Waals surface area contributed by atoms with Crippen molar-refractivity contribution in [2.75, 3.05) is 19.6 Å². The van der Waals surface area contributed by atoms with Gasteiger partial charge in [-0.25, -0.2) is 0 Å². The Bertz CT molecular complexity index is 285. The first-order chi connectivity index (χ1) is 7.99. The van der Waals surface area contributed by atoms with Crippen molar-refractivity contribution in [1.82, 2.24) is 10.6 Å². The van der Waals surface area contributed by atoms with Gasteiger partial charge in [0.15, 0.2) is 0 Å². The summed E-state index contributed by atoms with van der Waals surface area (Å²) in [6.07, 6.45) is 2.22. The Morgan fingerprint density at radius 1 is 1.53 bits per heavy atom. The van der Waals surface area contributed by atoms with Crippen molar-refractivity contribution in [1.29, 1.82) is 0 Å². The standard InChI is InChI=1S/C12H22N2O3/c1-3-4-9(10(15)16)7-14-11(17)12(2)5-6-13-8-12/h9,13H,3-8H2,1-2H3,(H,14,17)(H,15,16). The summed E-state index contributed by atoms with van der Waals surface area (Å²) >= 11 is 0. The minimum Gasteiger partial charge on any atom is -0.481 e. The quantitative estimate of drug-likeness (QED) is 0.637. The van der Waals surface area contributed by atoms with Gasteiger partial charge in [-0.1, -0.05) is 13.3 Å². The van der Waals surface area contributed by atoms with Gasteiger partial charge in [0.2, 0.25) is 5.91 Å². The number of nitrogens with one attached hydrogen (secondary N) is 2. The van der Waals surface area contributed by atoms with Crippen molar-refractivity contribution in [3.05, 3.63) is 0 Å². The zero-order valence-electron chi connectivity index (χ0n) is 10.6. The number of rotatable bonds is 6. The average molecular weight is 242 g/mol. The summed E-state index contributed by atoms with van der Waals surface area (Å²) in [7, 11) is 0. The number of hydrogen-bond donors (Lipinski definition) is 3. The van der Waals surface area contributed by atoms with E-state index in [9.17, 15) is 9.59 Å². The van der Waals surface area contributed by atoms with Gasteiger partial charge in [-0.15, -0.1) is 0 Å². The van der Waals surface area contributed by atoms with E-state index in [0.717, 1.165) is 19.4 Å². The second kappa shape index (κ2) is 6.00. The molecule has 5 nitrogen and oxygen atoms in total. The van der Waals surface area contributed by atoms with Crippen molar-refractivity contribution in [2.24, 2.45) is 11.3 Å². The molecule has 0 aliphatic carbocycles. The third-order valence-electron chi connectivity index (χ3n) is 3.41. The maximum Gasteiger partial charge on any atom is 0.308 e. The lowest BCUT2D eigenvalue weighted by atomic mass is 9.88. The number of amides is 1. The Morgan fingerprint density at radius 3 is 2.71 bits per heavy atom. The van der Waals surface area contributed by atoms with E-state index in [0.29, 0.717) is 13.0 Å². The van der Waals surface area contributed by atoms with Gasteiger partial charge in [-0.2, -0.15) is 0 Å². The van der Waals surface area contributed by atoms with E-state index in [1.807, 2.05) is 13.8 Å². The number of carboxylic acid groups (broad SMARTS) is 1. The van der Waals surface area contributed by atoms with E-state index >= 15 is 0 Å². The first-order valence-electron chi connectivity index (χ1n) is 6.21. The summed E-state index contributed by atoms with van der Waals surface area (Å²) in [5.41, 5.74) is -0.380. The van der Waals surface area contributed by atoms with Crippen LogP contribution in [0.15, 0.2) is 0 Å². The van der Waals surface area contributed by atoms with Gasteiger partial charge < -0.3 is 15.7 Å². The van der Waals surface area contributed by atoms with E-state index in [1.165, 1.54) is 0 Å². The van der Waals surface area contributed by atoms with E-state index in [1.54, 1.807) is 0 Å². The molecule has 98 valence electrons. The Morgan fingerprint density at radius 2 is 2.24 bits per heavy atom. The van der Waals surface area contributed by atoms with Crippen LogP contribution in [0.25, 0.3) is 0 Å². The second-order valence-corrected chi connectivity index (χ2v) is 5.02. The molecule has 1 amide bonds. The molecule has 3 N–H and O–H groups in total. The molecule has 1 aliphatic rings. The summed E-state index contributed by atoms with van der Waals surface area (Å²) in [6.45, 7) is 5.61. The third kappa shape index (κ3) is 3.70. The Kier molecular flexibility index (Phi) is 4.93. The van der Waals surface area contributed by atoms with Gasteiger partial charge >= 0.3 is 5.97 Å². The molecule has 1 aliphatic heterocycles. The molecule has 2 unspecified atom stereocenters. The lowest BCUT2D eigenvalue weighted by Gasteiger charge is -2.22. The fourth-order valence-electron chi connectivity index (χ4n) is 2.10. The molecule has 0 saturated carbocycles. The highest BCUT2D eigenvalue weighted by Gasteiger charge is 2.36. The number of carbonyl (C=O) groups excluding carboxylic acids is 1. The molecule has 1 rings (SSSR count). The molecule has 0 radical (unpaired) electrons. The number of hydrogen-bond acceptors (Lipinski definition) is 3. The van der Waals surface area contributed by atoms with Crippen molar-refractivity contribution in [2.45, 2.75) is 33.1 Å². The van der Waals surface area contributed by atoms with Crippen molar-refractivity contribution < 1.29 is 14.7 Å². The van der Waals surface area contributed by atoms with Gasteiger partial charge in [0, 0.05) is 13.1 Å². The zero-order valence-corrected chi connectivity index (χ0v) is 10.6. The Hall–Kier alpha value is -1.10. The predicted octanol–water partition coefficient (Wildman–Crippen LogP) is 0.603. The first kappa shape index (κ1) is 14.0. The summed E-state index contributed by atoms with van der Waals surface area (Å²) in [5, 5.41) is 14.9. The minimum atomic E-state index is -0.832. The van der Waals surface area contributed by atoms with Crippen LogP contribution in [0.2, 0.25) is 0 Å². The van der Waals surface area contributed by atoms with Crippen LogP contribution in [0.5, 0.6) is 0 Å². The second-order valence-electron chi connectivity index (χ2n) is 5.02. The Balaban J connectivity index is 2.43. The SMILES string of the molecule is CCCC(CNC(=O)C1(C)CCNC1)C(=O)O. The molecule has 17 heavy (non-hydrogen) atoms. The van der Waals surface area contributed by atoms with Gasteiger partial charge in [-0.3, -0.25) is 9.59 Å². The fourth-order valence-corrected chi connectivity index (χ4v) is 2.10. The van der Waals surface area contributed by atoms with Crippen LogP contribution in [-0.4, -0.2) is 36.6 Å². The van der Waals surface area contributed by atoms with Crippen molar-refractivity contribution in [3.8, 4) is 0 Å². The highest BCUT2D eigenvalue weighted by Crippen LogP contribution is 2.24. The lowest BCUT2D eigenvalue weighted by molar-refractivity contribution is -0.142. The highest BCUT2D eigenvalue weighted by molar-refractivity contribution is 5.83. The predicted molar refractivity (Wildman–Crippen MR) is 64.6 cm³/mol. The van der Waals surface area contributed by atoms with Crippen molar-refractivity contribution in [3.63, 3.8) is 0 Å². The van der Waals surface area contributed by atoms with Crippen LogP contribution in [-0.2, 0) is 9.59 Å². The molecule has 1 fully saturated rings. The summed E-state index contributed by atoms with van der Waals surface area (Å²) in [4.78, 5) is 22.9. The minimum absolute atomic E-state index is 0.0372. The number of carbonyl (C=O) groups is 2. The number of aliphatic carboxylic acids is 1. The maximum atomic E-state index is 12.0. The molecular weight excluding hydrogens is 220 g/mol. The first-order valence-corrected chi connectivity index (χ1v) is 6.21. The molecule has 0 aromatic rings. The van der Waals surface area contributed by atoms with Crippen LogP contribution in [0.1, 0.15) is 33.1 Å². The Labute approximate surface area is 102 Å². The molecule has 0 bridgehead atoms. The van der Waals surface area contributed by atoms with Crippen LogP contribution in [0.4, 0.5) is 0 Å². The molecule has 2 atom stereocenters. The van der Waals surface area contributed by atoms with E-state index in [2.05, 4.69) is 10.6 Å². The summed E-state index contributed by atoms with van der Waals surface area (Å²) < 4.78 is 0. The van der Waals surface area contributed by atoms with E-state index in [-0.39, 0.29) is 17.9 Å². The van der Waals surface area contributed by atoms with Crippen LogP contribution in [0.3, 0.4) is 0 Å². The maximum absolute atomic E-state index is 12.0. The summed E-state index contributed by atoms with van der Waals surface area (Å²) in [6, 6.07) is 0. The van der Waals surface area contributed by atoms with Gasteiger partial charge in [0.05, 0.1) is 11.3 Å². The summed E-state index contributed by atoms with van der Waals surface area (Å²) in [5.74, 6) is -1.34. The van der Waals surface area contributed by atoms with E-state index < -0.39 is 11.9 Å². The largest absolute Gasteiger partial charge is 0.481 e. The van der Waals surface area contributed by atoms with Crippen LogP contribution in [0, 0.1) is 11.3 Å². The van der Waals surface area contributed by atoms with Crippen LogP contribution >= 0.6 is 0 Å². The molecule has 1 saturated heterocycles. The van der Waals surface area contributed by atoms with Gasteiger partial charge in [0.25, 0.3) is 0 Å². The monoisotopic (exact) mass is 242 g/mol. The van der Waals surface area contributed by atoms with Crippen LogP contribution < -0.4 is 10.6 Å². The van der Waals surface area contributed by atoms with Gasteiger partial charge in [0.1, 0.15) is 0 Å². The molecule has 5 heteroatoms. The molecular formula is C12H22N2O3. The molecule has 0 aromatic heterocycles. The molecule has 0 spiro atoms. The van der Waals surface area contributed by atoms with Gasteiger partial charge in [-0.05, 0) is 26.3 Å². The van der Waals surface area contributed by atoms with Crippen molar-refractivity contribution >= 4 is 11.9 Å². The number of carboxylic acids is 1. The smallest absolute Gasteiger partial charge is 0.308 e. The molecule has 1 heterocycles.